The summed E-state index contributed by atoms with van der Waals surface area (Å²) in [5.74, 6) is 0.637. The monoisotopic (exact) mass is 291 g/mol. The Morgan fingerprint density at radius 1 is 1.38 bits per heavy atom. The van der Waals surface area contributed by atoms with E-state index < -0.39 is 0 Å². The number of rotatable bonds is 6. The summed E-state index contributed by atoms with van der Waals surface area (Å²) in [6.45, 7) is 6.45. The lowest BCUT2D eigenvalue weighted by molar-refractivity contribution is 0.0782. The number of amides is 1. The Hall–Kier alpha value is -1.75. The molecule has 0 atom stereocenters. The molecule has 0 unspecified atom stereocenters. The molecule has 1 saturated heterocycles. The highest BCUT2D eigenvalue weighted by molar-refractivity contribution is 5.95. The first-order valence-corrected chi connectivity index (χ1v) is 7.62. The van der Waals surface area contributed by atoms with Crippen molar-refractivity contribution >= 4 is 11.6 Å². The molecule has 0 aromatic heterocycles. The second-order valence-electron chi connectivity index (χ2n) is 5.46. The van der Waals surface area contributed by atoms with Gasteiger partial charge in [-0.3, -0.25) is 4.79 Å². The van der Waals surface area contributed by atoms with Crippen LogP contribution in [0.1, 0.15) is 30.1 Å². The predicted molar refractivity (Wildman–Crippen MR) is 84.7 cm³/mol. The van der Waals surface area contributed by atoms with Crippen molar-refractivity contribution in [3.8, 4) is 5.75 Å². The third-order valence-corrected chi connectivity index (χ3v) is 3.85. The summed E-state index contributed by atoms with van der Waals surface area (Å²) >= 11 is 0. The fourth-order valence-electron chi connectivity index (χ4n) is 2.59. The number of likely N-dealkylation sites (tertiary alicyclic amines) is 1. The third kappa shape index (κ3) is 4.11. The number of carbonyl (C=O) groups excluding carboxylic acids is 1. The van der Waals surface area contributed by atoms with Crippen LogP contribution in [0.4, 0.5) is 5.69 Å². The third-order valence-electron chi connectivity index (χ3n) is 3.85. The Morgan fingerprint density at radius 2 is 2.10 bits per heavy atom. The molecule has 0 radical (unpaired) electrons. The highest BCUT2D eigenvalue weighted by atomic mass is 16.5. The van der Waals surface area contributed by atoms with Gasteiger partial charge >= 0.3 is 0 Å². The van der Waals surface area contributed by atoms with Crippen molar-refractivity contribution in [3.63, 3.8) is 0 Å². The Morgan fingerprint density at radius 3 is 2.71 bits per heavy atom. The number of likely N-dealkylation sites (N-methyl/N-ethyl adjacent to an activating group) is 1. The summed E-state index contributed by atoms with van der Waals surface area (Å²) < 4.78 is 5.39. The van der Waals surface area contributed by atoms with Crippen LogP contribution in [-0.4, -0.2) is 55.5 Å². The van der Waals surface area contributed by atoms with Gasteiger partial charge in [0, 0.05) is 25.7 Å². The molecular formula is C16H25N3O2. The Kier molecular flexibility index (Phi) is 5.44. The normalized spacial score (nSPS) is 15.1. The molecule has 1 amide bonds. The van der Waals surface area contributed by atoms with Crippen LogP contribution in [0.5, 0.6) is 5.75 Å². The average molecular weight is 291 g/mol. The number of ether oxygens (including phenoxy) is 1. The quantitative estimate of drug-likeness (QED) is 0.812. The minimum absolute atomic E-state index is 0.00365. The van der Waals surface area contributed by atoms with Crippen molar-refractivity contribution in [1.29, 1.82) is 0 Å². The predicted octanol–water partition coefficient (Wildman–Crippen LogP) is 1.84. The van der Waals surface area contributed by atoms with Crippen molar-refractivity contribution in [2.45, 2.75) is 19.8 Å². The van der Waals surface area contributed by atoms with Crippen LogP contribution >= 0.6 is 0 Å². The summed E-state index contributed by atoms with van der Waals surface area (Å²) in [5.41, 5.74) is 7.04. The molecule has 5 nitrogen and oxygen atoms in total. The first-order chi connectivity index (χ1) is 10.1. The van der Waals surface area contributed by atoms with E-state index in [4.69, 9.17) is 10.5 Å². The number of hydrogen-bond acceptors (Lipinski definition) is 4. The van der Waals surface area contributed by atoms with Crippen LogP contribution in [-0.2, 0) is 0 Å². The van der Waals surface area contributed by atoms with E-state index in [9.17, 15) is 4.79 Å². The van der Waals surface area contributed by atoms with Gasteiger partial charge in [0.05, 0.1) is 12.3 Å². The topological polar surface area (TPSA) is 58.8 Å². The number of carbonyl (C=O) groups is 1. The summed E-state index contributed by atoms with van der Waals surface area (Å²) in [6, 6.07) is 5.23. The van der Waals surface area contributed by atoms with Crippen LogP contribution in [0.25, 0.3) is 0 Å². The van der Waals surface area contributed by atoms with E-state index in [2.05, 4.69) is 4.90 Å². The van der Waals surface area contributed by atoms with Gasteiger partial charge in [-0.05, 0) is 51.1 Å². The van der Waals surface area contributed by atoms with E-state index in [0.717, 1.165) is 26.2 Å². The van der Waals surface area contributed by atoms with Crippen molar-refractivity contribution in [1.82, 2.24) is 9.80 Å². The molecular weight excluding hydrogens is 266 g/mol. The average Bonchev–Trinajstić information content (AvgIpc) is 2.99. The van der Waals surface area contributed by atoms with Crippen molar-refractivity contribution in [2.75, 3.05) is 45.6 Å². The second-order valence-corrected chi connectivity index (χ2v) is 5.46. The zero-order valence-electron chi connectivity index (χ0n) is 13.0. The minimum Gasteiger partial charge on any atom is -0.492 e. The summed E-state index contributed by atoms with van der Waals surface area (Å²) in [6.07, 6.45) is 2.54. The summed E-state index contributed by atoms with van der Waals surface area (Å²) in [4.78, 5) is 16.5. The maximum Gasteiger partial charge on any atom is 0.253 e. The van der Waals surface area contributed by atoms with Crippen LogP contribution in [0.2, 0.25) is 0 Å². The lowest BCUT2D eigenvalue weighted by atomic mass is 10.1. The number of hydrogen-bond donors (Lipinski definition) is 1. The van der Waals surface area contributed by atoms with Crippen LogP contribution < -0.4 is 10.5 Å². The second kappa shape index (κ2) is 7.31. The molecule has 21 heavy (non-hydrogen) atoms. The van der Waals surface area contributed by atoms with Gasteiger partial charge in [0.2, 0.25) is 0 Å². The molecule has 1 aromatic carbocycles. The molecule has 5 heteroatoms. The fraction of sp³-hybridized carbons (Fsp3) is 0.562. The molecule has 1 aliphatic rings. The molecule has 1 fully saturated rings. The van der Waals surface area contributed by atoms with E-state index in [1.807, 2.05) is 14.0 Å². The minimum atomic E-state index is 0.00365. The number of anilines is 1. The Balaban J connectivity index is 1.93. The Labute approximate surface area is 126 Å². The molecule has 1 aliphatic heterocycles. The largest absolute Gasteiger partial charge is 0.492 e. The van der Waals surface area contributed by atoms with E-state index in [-0.39, 0.29) is 5.91 Å². The summed E-state index contributed by atoms with van der Waals surface area (Å²) in [7, 11) is 1.84. The first-order valence-electron chi connectivity index (χ1n) is 7.62. The van der Waals surface area contributed by atoms with Crippen molar-refractivity contribution in [3.05, 3.63) is 23.8 Å². The smallest absolute Gasteiger partial charge is 0.253 e. The Bertz CT molecular complexity index is 484. The van der Waals surface area contributed by atoms with Crippen LogP contribution in [0, 0.1) is 0 Å². The van der Waals surface area contributed by atoms with Gasteiger partial charge in [0.15, 0.2) is 0 Å². The molecule has 0 bridgehead atoms. The van der Waals surface area contributed by atoms with E-state index in [0.29, 0.717) is 23.6 Å². The molecule has 116 valence electrons. The number of nitrogens with zero attached hydrogens (tertiary/aromatic N) is 2. The van der Waals surface area contributed by atoms with Gasteiger partial charge in [0.25, 0.3) is 5.91 Å². The number of nitrogens with two attached hydrogens (primary N) is 1. The van der Waals surface area contributed by atoms with Crippen LogP contribution in [0.15, 0.2) is 18.2 Å². The SMILES string of the molecule is CCOc1ccc(C(=O)N(C)CCN2CCCC2)cc1N. The standard InChI is InChI=1S/C16H25N3O2/c1-3-21-15-7-6-13(12-14(15)17)16(20)18(2)10-11-19-8-4-5-9-19/h6-7,12H,3-5,8-11,17H2,1-2H3. The van der Waals surface area contributed by atoms with E-state index >= 15 is 0 Å². The maximum atomic E-state index is 12.4. The van der Waals surface area contributed by atoms with Gasteiger partial charge in [-0.1, -0.05) is 0 Å². The van der Waals surface area contributed by atoms with Gasteiger partial charge in [0.1, 0.15) is 5.75 Å². The van der Waals surface area contributed by atoms with Gasteiger partial charge in [-0.2, -0.15) is 0 Å². The van der Waals surface area contributed by atoms with Gasteiger partial charge in [-0.25, -0.2) is 0 Å². The van der Waals surface area contributed by atoms with E-state index in [1.54, 1.807) is 23.1 Å². The van der Waals surface area contributed by atoms with Gasteiger partial charge < -0.3 is 20.3 Å². The summed E-state index contributed by atoms with van der Waals surface area (Å²) in [5, 5.41) is 0. The number of benzene rings is 1. The van der Waals surface area contributed by atoms with Crippen molar-refractivity contribution in [2.24, 2.45) is 0 Å². The molecule has 1 heterocycles. The molecule has 2 rings (SSSR count). The first kappa shape index (κ1) is 15.6. The molecule has 0 spiro atoms. The molecule has 2 N–H and O–H groups in total. The van der Waals surface area contributed by atoms with Gasteiger partial charge in [-0.15, -0.1) is 0 Å². The molecule has 0 aliphatic carbocycles. The lowest BCUT2D eigenvalue weighted by Gasteiger charge is -2.22. The van der Waals surface area contributed by atoms with E-state index in [1.165, 1.54) is 12.8 Å². The number of nitrogen functional groups attached to an aromatic ring is 1. The molecule has 0 saturated carbocycles. The molecule has 1 aromatic rings. The zero-order chi connectivity index (χ0) is 15.2. The zero-order valence-corrected chi connectivity index (χ0v) is 13.0. The maximum absolute atomic E-state index is 12.4. The lowest BCUT2D eigenvalue weighted by Crippen LogP contribution is -2.35. The fourth-order valence-corrected chi connectivity index (χ4v) is 2.59. The van der Waals surface area contributed by atoms with Crippen molar-refractivity contribution < 1.29 is 9.53 Å². The van der Waals surface area contributed by atoms with Crippen LogP contribution in [0.3, 0.4) is 0 Å². The highest BCUT2D eigenvalue weighted by Gasteiger charge is 2.16. The highest BCUT2D eigenvalue weighted by Crippen LogP contribution is 2.23.